The first-order valence-corrected chi connectivity index (χ1v) is 20.1. The molecule has 3 heterocycles. The van der Waals surface area contributed by atoms with Crippen molar-refractivity contribution in [3.05, 3.63) is 77.1 Å². The number of nitrogens with one attached hydrogen (secondary N) is 1. The van der Waals surface area contributed by atoms with E-state index < -0.39 is 88.8 Å². The first-order valence-electron chi connectivity index (χ1n) is 20.1. The van der Waals surface area contributed by atoms with E-state index >= 15 is 0 Å². The minimum atomic E-state index is -2.07. The molecule has 0 radical (unpaired) electrons. The molecule has 0 aliphatic carbocycles. The lowest BCUT2D eigenvalue weighted by atomic mass is 9.78. The lowest BCUT2D eigenvalue weighted by molar-refractivity contribution is -0.160. The molecule has 6 rings (SSSR count). The smallest absolute Gasteiger partial charge is 0.312 e. The number of Topliss-reactive ketones (excluding diaryl/α,β-unsaturated/α-hetero) is 1. The fraction of sp³-hybridized carbons (Fsp3) is 0.435. The number of carbonyl (C=O) groups excluding carboxylic acids is 3. The van der Waals surface area contributed by atoms with Crippen molar-refractivity contribution in [3.8, 4) is 28.7 Å². The third kappa shape index (κ3) is 9.24. The van der Waals surface area contributed by atoms with E-state index in [9.17, 15) is 39.9 Å². The van der Waals surface area contributed by atoms with Gasteiger partial charge in [0.2, 0.25) is 0 Å². The van der Waals surface area contributed by atoms with Crippen molar-refractivity contribution in [2.24, 2.45) is 28.7 Å². The largest absolute Gasteiger partial charge is 0.507 e. The Bertz CT molecular complexity index is 2280. The number of fused-ring (bicyclic) bond motifs is 14. The van der Waals surface area contributed by atoms with Gasteiger partial charge in [-0.25, -0.2) is 0 Å². The van der Waals surface area contributed by atoms with Gasteiger partial charge in [0.25, 0.3) is 11.7 Å². The average molecular weight is 845 g/mol. The second-order valence-corrected chi connectivity index (χ2v) is 15.8. The summed E-state index contributed by atoms with van der Waals surface area (Å²) in [5.74, 6) is -8.02. The number of aliphatic hydroxyl groups excluding tert-OH is 2. The molecule has 0 aromatic heterocycles. The molecule has 9 atom stereocenters. The number of aliphatic hydroxyl groups is 2. The highest BCUT2D eigenvalue weighted by atomic mass is 16.7. The summed E-state index contributed by atoms with van der Waals surface area (Å²) in [5.41, 5.74) is -0.125. The van der Waals surface area contributed by atoms with Gasteiger partial charge in [-0.05, 0) is 51.1 Å². The molecule has 15 heteroatoms. The summed E-state index contributed by atoms with van der Waals surface area (Å²) in [6.45, 7) is 14.7. The van der Waals surface area contributed by atoms with Crippen LogP contribution in [0.1, 0.15) is 76.9 Å². The second kappa shape index (κ2) is 18.8. The van der Waals surface area contributed by atoms with Crippen molar-refractivity contribution in [1.82, 2.24) is 0 Å². The molecule has 0 unspecified atom stereocenters. The van der Waals surface area contributed by atoms with Crippen molar-refractivity contribution >= 4 is 46.0 Å². The fourth-order valence-corrected chi connectivity index (χ4v) is 7.81. The molecule has 0 spiro atoms. The zero-order valence-electron chi connectivity index (χ0n) is 36.0. The molecule has 0 saturated carbocycles. The number of ether oxygens (including phenoxy) is 5. The Morgan fingerprint density at radius 1 is 0.934 bits per heavy atom. The number of phenolic OH excluding ortho intramolecular Hbond substituents is 3. The number of carbonyl (C=O) groups is 3. The van der Waals surface area contributed by atoms with Crippen LogP contribution in [0.5, 0.6) is 28.7 Å². The maximum Gasteiger partial charge on any atom is 0.312 e. The van der Waals surface area contributed by atoms with Crippen LogP contribution in [0.15, 0.2) is 65.4 Å². The number of amides is 1. The zero-order chi connectivity index (χ0) is 45.1. The number of nitrogens with zero attached hydrogens (tertiary/aromatic N) is 1. The molecule has 0 fully saturated rings. The van der Waals surface area contributed by atoms with Crippen molar-refractivity contribution in [2.45, 2.75) is 92.5 Å². The van der Waals surface area contributed by atoms with Gasteiger partial charge in [0, 0.05) is 67.4 Å². The summed E-state index contributed by atoms with van der Waals surface area (Å²) in [7, 11) is 1.43. The van der Waals surface area contributed by atoms with Crippen molar-refractivity contribution in [3.63, 3.8) is 0 Å². The van der Waals surface area contributed by atoms with Crippen LogP contribution in [-0.4, -0.2) is 93.3 Å². The molecule has 3 aromatic rings. The third-order valence-electron chi connectivity index (χ3n) is 11.5. The average Bonchev–Trinajstić information content (AvgIpc) is 3.49. The number of aromatic hydroxyl groups is 3. The molecule has 61 heavy (non-hydrogen) atoms. The van der Waals surface area contributed by atoms with Crippen LogP contribution in [0.4, 0.5) is 11.4 Å². The van der Waals surface area contributed by atoms with E-state index in [1.165, 1.54) is 59.4 Å². The topological polar surface area (TPSA) is 223 Å². The molecule has 6 N–H and O–H groups in total. The number of methoxy groups -OCH3 is 1. The number of hydrogen-bond donors (Lipinski definition) is 6. The molecule has 3 aliphatic heterocycles. The first-order chi connectivity index (χ1) is 28.8. The predicted octanol–water partition coefficient (Wildman–Crippen LogP) is 6.90. The minimum Gasteiger partial charge on any atom is -0.507 e. The van der Waals surface area contributed by atoms with Crippen molar-refractivity contribution in [2.75, 3.05) is 19.0 Å². The lowest BCUT2D eigenvalue weighted by Crippen LogP contribution is -2.46. The van der Waals surface area contributed by atoms with E-state index in [4.69, 9.17) is 23.7 Å². The van der Waals surface area contributed by atoms with Crippen LogP contribution in [-0.2, 0) is 23.8 Å². The van der Waals surface area contributed by atoms with Crippen molar-refractivity contribution in [1.29, 1.82) is 0 Å². The predicted molar refractivity (Wildman–Crippen MR) is 229 cm³/mol. The Kier molecular flexibility index (Phi) is 14.2. The van der Waals surface area contributed by atoms with Crippen LogP contribution >= 0.6 is 0 Å². The summed E-state index contributed by atoms with van der Waals surface area (Å²) >= 11 is 0. The SMILES string of the molecule is CCOc1ccc(N=Cc2c3c(O)c4c(O)c(C)c5c(c4c2O)C(=O)[C@@](C)(O/C=C/[C@H](OC)[C@@H](C)[C@@H](OC(C)=O)[C@H](C)[C@H](O)[C@H](C)[C@@H](O)[C@@H](C)/C=C/C=C(/C)C(=O)N3)O5)cc1. The standard InChI is InChI=1S/C46H56N2O13/c1-11-58-30-17-15-29(16-18-30)47-21-31-36-41(54)34-33(40(31)53)35-43(27(7)39(34)52)61-46(9,44(35)55)59-20-19-32(57-10)24(4)42(60-28(8)49)26(6)38(51)25(5)37(50)22(2)13-12-14-23(3)45(56)48-36/h12-22,24-26,32,37-38,42,50-54H,11H2,1-10H3,(H,48,56)/b13-12+,20-19+,23-14-,47-21?/t22-,24+,25+,26+,32-,37-,38+,42+,46-/m0/s1. The van der Waals surface area contributed by atoms with Gasteiger partial charge >= 0.3 is 11.8 Å². The minimum absolute atomic E-state index is 0.0346. The molecular weight excluding hydrogens is 789 g/mol. The van der Waals surface area contributed by atoms with E-state index in [1.54, 1.807) is 64.1 Å². The molecule has 3 aliphatic rings. The van der Waals surface area contributed by atoms with E-state index in [-0.39, 0.29) is 44.5 Å². The first kappa shape index (κ1) is 46.2. The summed E-state index contributed by atoms with van der Waals surface area (Å²) in [5, 5.41) is 60.5. The number of benzene rings is 3. The molecular formula is C46H56N2O13. The maximum absolute atomic E-state index is 14.5. The maximum atomic E-state index is 14.5. The quantitative estimate of drug-likeness (QED) is 0.0644. The molecule has 0 saturated heterocycles. The van der Waals surface area contributed by atoms with Crippen LogP contribution < -0.4 is 14.8 Å². The second-order valence-electron chi connectivity index (χ2n) is 15.8. The molecule has 3 aromatic carbocycles. The Hall–Kier alpha value is -5.90. The fourth-order valence-electron chi connectivity index (χ4n) is 7.81. The number of esters is 1. The number of ketones is 1. The van der Waals surface area contributed by atoms with Gasteiger partial charge in [0.05, 0.1) is 59.1 Å². The van der Waals surface area contributed by atoms with Gasteiger partial charge in [-0.2, -0.15) is 0 Å². The van der Waals surface area contributed by atoms with Crippen LogP contribution in [0.25, 0.3) is 10.8 Å². The van der Waals surface area contributed by atoms with Gasteiger partial charge in [0.1, 0.15) is 29.1 Å². The van der Waals surface area contributed by atoms with Crippen molar-refractivity contribution < 1.29 is 63.6 Å². The van der Waals surface area contributed by atoms with E-state index in [1.807, 2.05) is 6.92 Å². The number of aliphatic imine (C=N–C) groups is 1. The highest BCUT2D eigenvalue weighted by Crippen LogP contribution is 2.55. The van der Waals surface area contributed by atoms with Gasteiger partial charge in [-0.1, -0.05) is 45.9 Å². The lowest BCUT2D eigenvalue weighted by Gasteiger charge is -2.38. The Morgan fingerprint density at radius 3 is 2.23 bits per heavy atom. The van der Waals surface area contributed by atoms with Crippen LogP contribution in [0.3, 0.4) is 0 Å². The number of anilines is 1. The molecule has 5 bridgehead atoms. The molecule has 328 valence electrons. The summed E-state index contributed by atoms with van der Waals surface area (Å²) in [6, 6.07) is 6.71. The molecule has 15 nitrogen and oxygen atoms in total. The van der Waals surface area contributed by atoms with E-state index in [0.29, 0.717) is 18.0 Å². The van der Waals surface area contributed by atoms with E-state index in [2.05, 4.69) is 10.3 Å². The summed E-state index contributed by atoms with van der Waals surface area (Å²) in [4.78, 5) is 45.1. The highest BCUT2D eigenvalue weighted by Gasteiger charge is 2.50. The van der Waals surface area contributed by atoms with Gasteiger partial charge in [-0.3, -0.25) is 19.4 Å². The molecule has 1 amide bonds. The van der Waals surface area contributed by atoms with Crippen LogP contribution in [0.2, 0.25) is 0 Å². The van der Waals surface area contributed by atoms with Gasteiger partial charge < -0.3 is 54.5 Å². The number of phenols is 3. The number of allylic oxidation sites excluding steroid dienone is 2. The van der Waals surface area contributed by atoms with Gasteiger partial charge in [0.15, 0.2) is 5.75 Å². The Morgan fingerprint density at radius 2 is 1.61 bits per heavy atom. The number of hydrogen-bond acceptors (Lipinski definition) is 14. The Balaban J connectivity index is 1.72. The normalized spacial score (nSPS) is 29.4. The summed E-state index contributed by atoms with van der Waals surface area (Å²) in [6.07, 6.45) is 4.66. The number of rotatable bonds is 6. The zero-order valence-corrected chi connectivity index (χ0v) is 36.0. The van der Waals surface area contributed by atoms with Crippen LogP contribution in [0, 0.1) is 30.6 Å². The monoisotopic (exact) mass is 844 g/mol. The highest BCUT2D eigenvalue weighted by molar-refractivity contribution is 6.24. The van der Waals surface area contributed by atoms with Gasteiger partial charge in [-0.15, -0.1) is 0 Å². The Labute approximate surface area is 355 Å². The third-order valence-corrected chi connectivity index (χ3v) is 11.5. The summed E-state index contributed by atoms with van der Waals surface area (Å²) < 4.78 is 29.1. The van der Waals surface area contributed by atoms with E-state index in [0.717, 1.165) is 0 Å².